The lowest BCUT2D eigenvalue weighted by molar-refractivity contribution is -0.129. The van der Waals surface area contributed by atoms with Gasteiger partial charge in [0.05, 0.1) is 5.92 Å². The van der Waals surface area contributed by atoms with Gasteiger partial charge in [-0.3, -0.25) is 9.59 Å². The lowest BCUT2D eigenvalue weighted by atomic mass is 10.1. The second-order valence-corrected chi connectivity index (χ2v) is 8.73. The van der Waals surface area contributed by atoms with Crippen molar-refractivity contribution in [3.05, 3.63) is 70.7 Å². The molecule has 0 saturated carbocycles. The summed E-state index contributed by atoms with van der Waals surface area (Å²) < 4.78 is 0. The summed E-state index contributed by atoms with van der Waals surface area (Å²) in [4.78, 5) is 31.3. The number of carbonyl (C=O) groups excluding carboxylic acids is 2. The Labute approximate surface area is 185 Å². The van der Waals surface area contributed by atoms with Gasteiger partial charge in [-0.05, 0) is 42.7 Å². The fourth-order valence-corrected chi connectivity index (χ4v) is 4.52. The number of rotatable bonds is 7. The minimum Gasteiger partial charge on any atom is -0.508 e. The van der Waals surface area contributed by atoms with Crippen molar-refractivity contribution in [1.82, 2.24) is 15.2 Å². The van der Waals surface area contributed by atoms with Crippen LogP contribution in [-0.4, -0.2) is 39.9 Å². The van der Waals surface area contributed by atoms with Gasteiger partial charge in [0.25, 0.3) is 0 Å². The molecule has 1 aromatic heterocycles. The van der Waals surface area contributed by atoms with E-state index in [2.05, 4.69) is 10.3 Å². The van der Waals surface area contributed by atoms with Gasteiger partial charge in [-0.2, -0.15) is 0 Å². The Balaban J connectivity index is 1.29. The number of nitrogens with one attached hydrogen (secondary N) is 1. The largest absolute Gasteiger partial charge is 0.508 e. The van der Waals surface area contributed by atoms with Crippen molar-refractivity contribution in [2.75, 3.05) is 13.1 Å². The molecule has 1 saturated heterocycles. The third kappa shape index (κ3) is 5.30. The number of aromatic hydroxyl groups is 1. The van der Waals surface area contributed by atoms with E-state index in [1.54, 1.807) is 28.4 Å². The van der Waals surface area contributed by atoms with Crippen LogP contribution in [0.1, 0.15) is 23.2 Å². The number of phenolic OH excluding ortho intramolecular Hbond substituents is 1. The normalized spacial score (nSPS) is 16.0. The molecule has 2 heterocycles. The summed E-state index contributed by atoms with van der Waals surface area (Å²) in [6.07, 6.45) is 0.948. The first-order valence-corrected chi connectivity index (χ1v) is 11.2. The van der Waals surface area contributed by atoms with E-state index in [-0.39, 0.29) is 29.9 Å². The quantitative estimate of drug-likeness (QED) is 0.595. The molecule has 7 heteroatoms. The monoisotopic (exact) mass is 435 g/mol. The minimum absolute atomic E-state index is 0.0139. The molecule has 1 aliphatic heterocycles. The van der Waals surface area contributed by atoms with Crippen LogP contribution in [0.3, 0.4) is 0 Å². The summed E-state index contributed by atoms with van der Waals surface area (Å²) in [7, 11) is 0. The fraction of sp³-hybridized carbons (Fsp3) is 0.292. The van der Waals surface area contributed by atoms with E-state index in [9.17, 15) is 14.7 Å². The maximum atomic E-state index is 12.7. The van der Waals surface area contributed by atoms with Crippen LogP contribution in [0, 0.1) is 12.8 Å². The number of benzene rings is 2. The minimum atomic E-state index is -0.322. The van der Waals surface area contributed by atoms with Crippen LogP contribution in [0.4, 0.5) is 0 Å². The van der Waals surface area contributed by atoms with Gasteiger partial charge in [0.1, 0.15) is 10.8 Å². The van der Waals surface area contributed by atoms with Gasteiger partial charge < -0.3 is 15.3 Å². The van der Waals surface area contributed by atoms with Crippen LogP contribution < -0.4 is 5.32 Å². The second-order valence-electron chi connectivity index (χ2n) is 7.87. The topological polar surface area (TPSA) is 82.5 Å². The summed E-state index contributed by atoms with van der Waals surface area (Å²) in [6.45, 7) is 3.42. The molecule has 2 amide bonds. The number of hydrogen-bond acceptors (Lipinski definition) is 5. The first-order valence-electron chi connectivity index (χ1n) is 10.3. The zero-order valence-electron chi connectivity index (χ0n) is 17.4. The number of amides is 2. The molecule has 160 valence electrons. The smallest absolute Gasteiger partial charge is 0.225 e. The van der Waals surface area contributed by atoms with Crippen molar-refractivity contribution in [1.29, 1.82) is 0 Å². The highest BCUT2D eigenvalue weighted by Gasteiger charge is 2.33. The highest BCUT2D eigenvalue weighted by Crippen LogP contribution is 2.24. The molecule has 1 fully saturated rings. The number of likely N-dealkylation sites (tertiary alicyclic amines) is 1. The summed E-state index contributed by atoms with van der Waals surface area (Å²) >= 11 is 1.61. The number of aromatic nitrogens is 1. The number of phenols is 1. The van der Waals surface area contributed by atoms with Crippen molar-refractivity contribution in [3.8, 4) is 16.3 Å². The van der Waals surface area contributed by atoms with Crippen molar-refractivity contribution in [2.45, 2.75) is 26.3 Å². The molecule has 0 bridgehead atoms. The second kappa shape index (κ2) is 9.31. The van der Waals surface area contributed by atoms with E-state index in [1.807, 2.05) is 48.7 Å². The Morgan fingerprint density at radius 1 is 1.23 bits per heavy atom. The molecule has 2 N–H and O–H groups in total. The summed E-state index contributed by atoms with van der Waals surface area (Å²) in [6, 6.07) is 15.0. The van der Waals surface area contributed by atoms with Crippen LogP contribution in [0.2, 0.25) is 0 Å². The molecule has 2 aromatic carbocycles. The third-order valence-electron chi connectivity index (χ3n) is 5.45. The highest BCUT2D eigenvalue weighted by atomic mass is 32.1. The van der Waals surface area contributed by atoms with Gasteiger partial charge in [0.15, 0.2) is 0 Å². The van der Waals surface area contributed by atoms with E-state index in [1.165, 1.54) is 0 Å². The van der Waals surface area contributed by atoms with Crippen LogP contribution in [-0.2, 0) is 22.6 Å². The number of nitrogens with zero attached hydrogens (tertiary/aromatic N) is 2. The van der Waals surface area contributed by atoms with Gasteiger partial charge >= 0.3 is 0 Å². The molecule has 0 aliphatic carbocycles. The zero-order valence-corrected chi connectivity index (χ0v) is 18.2. The molecule has 0 spiro atoms. The summed E-state index contributed by atoms with van der Waals surface area (Å²) in [5.41, 5.74) is 4.10. The molecule has 31 heavy (non-hydrogen) atoms. The van der Waals surface area contributed by atoms with Gasteiger partial charge in [-0.15, -0.1) is 11.3 Å². The molecule has 4 rings (SSSR count). The van der Waals surface area contributed by atoms with E-state index < -0.39 is 0 Å². The molecule has 1 aliphatic rings. The first kappa shape index (κ1) is 21.1. The SMILES string of the molecule is Cc1csc(-c2cccc(CNC(=O)[C@@H]3CC(=O)N(CCc4ccc(O)cc4)C3)c2)n1. The molecular weight excluding hydrogens is 410 g/mol. The maximum Gasteiger partial charge on any atom is 0.225 e. The predicted octanol–water partition coefficient (Wildman–Crippen LogP) is 3.53. The molecule has 6 nitrogen and oxygen atoms in total. The predicted molar refractivity (Wildman–Crippen MR) is 121 cm³/mol. The number of aryl methyl sites for hydroxylation is 1. The average Bonchev–Trinajstić information content (AvgIpc) is 3.37. The Kier molecular flexibility index (Phi) is 6.32. The van der Waals surface area contributed by atoms with Crippen molar-refractivity contribution in [2.24, 2.45) is 5.92 Å². The van der Waals surface area contributed by atoms with E-state index in [0.29, 0.717) is 26.1 Å². The van der Waals surface area contributed by atoms with Crippen molar-refractivity contribution in [3.63, 3.8) is 0 Å². The van der Waals surface area contributed by atoms with Crippen molar-refractivity contribution < 1.29 is 14.7 Å². The molecule has 0 unspecified atom stereocenters. The number of carbonyl (C=O) groups is 2. The molecular formula is C24H25N3O3S. The van der Waals surface area contributed by atoms with Gasteiger partial charge in [-0.1, -0.05) is 30.3 Å². The fourth-order valence-electron chi connectivity index (χ4n) is 3.72. The molecule has 0 radical (unpaired) electrons. The number of thiazole rings is 1. The maximum absolute atomic E-state index is 12.7. The van der Waals surface area contributed by atoms with E-state index in [4.69, 9.17) is 0 Å². The third-order valence-corrected chi connectivity index (χ3v) is 6.46. The van der Waals surface area contributed by atoms with Gasteiger partial charge in [0, 0.05) is 42.7 Å². The molecule has 3 aromatic rings. The lowest BCUT2D eigenvalue weighted by Gasteiger charge is -2.16. The van der Waals surface area contributed by atoms with Crippen molar-refractivity contribution >= 4 is 23.2 Å². The van der Waals surface area contributed by atoms with E-state index >= 15 is 0 Å². The zero-order chi connectivity index (χ0) is 21.8. The summed E-state index contributed by atoms with van der Waals surface area (Å²) in [5.74, 6) is -0.168. The van der Waals surface area contributed by atoms with Gasteiger partial charge in [-0.25, -0.2) is 4.98 Å². The Hall–Kier alpha value is -3.19. The first-order chi connectivity index (χ1) is 15.0. The molecule has 1 atom stereocenters. The highest BCUT2D eigenvalue weighted by molar-refractivity contribution is 7.13. The number of hydrogen-bond donors (Lipinski definition) is 2. The Morgan fingerprint density at radius 3 is 2.77 bits per heavy atom. The van der Waals surface area contributed by atoms with Crippen LogP contribution in [0.5, 0.6) is 5.75 Å². The van der Waals surface area contributed by atoms with Gasteiger partial charge in [0.2, 0.25) is 11.8 Å². The standard InChI is InChI=1S/C24H25N3O3S/c1-16-15-31-24(26-16)19-4-2-3-18(11-19)13-25-23(30)20-12-22(29)27(14-20)10-9-17-5-7-21(28)8-6-17/h2-8,11,15,20,28H,9-10,12-14H2,1H3,(H,25,30)/t20-/m1/s1. The summed E-state index contributed by atoms with van der Waals surface area (Å²) in [5, 5.41) is 15.3. The average molecular weight is 436 g/mol. The van der Waals surface area contributed by atoms with Crippen LogP contribution in [0.25, 0.3) is 10.6 Å². The van der Waals surface area contributed by atoms with Crippen LogP contribution >= 0.6 is 11.3 Å². The Morgan fingerprint density at radius 2 is 2.03 bits per heavy atom. The van der Waals surface area contributed by atoms with E-state index in [0.717, 1.165) is 27.4 Å². The lowest BCUT2D eigenvalue weighted by Crippen LogP contribution is -2.33. The Bertz CT molecular complexity index is 1080. The van der Waals surface area contributed by atoms with Crippen LogP contribution in [0.15, 0.2) is 53.9 Å².